The second-order valence-corrected chi connectivity index (χ2v) is 7.72. The molecule has 4 aromatic rings. The maximum Gasteiger partial charge on any atom is 0.308 e. The molecule has 0 aliphatic rings. The van der Waals surface area contributed by atoms with Gasteiger partial charge in [-0.05, 0) is 18.1 Å². The van der Waals surface area contributed by atoms with Crippen LogP contribution >= 0.6 is 0 Å². The van der Waals surface area contributed by atoms with Crippen LogP contribution in [0.15, 0.2) is 77.4 Å². The molecule has 0 unspecified atom stereocenters. The Labute approximate surface area is 202 Å². The third-order valence-corrected chi connectivity index (χ3v) is 5.25. The summed E-state index contributed by atoms with van der Waals surface area (Å²) in [7, 11) is 1.41. The van der Waals surface area contributed by atoms with Gasteiger partial charge in [-0.3, -0.25) is 9.59 Å². The van der Waals surface area contributed by atoms with E-state index >= 15 is 0 Å². The Hall–Kier alpha value is -4.53. The van der Waals surface area contributed by atoms with Crippen molar-refractivity contribution in [3.63, 3.8) is 0 Å². The number of benzene rings is 2. The zero-order chi connectivity index (χ0) is 24.8. The summed E-state index contributed by atoms with van der Waals surface area (Å²) in [5.74, 6) is -0.605. The molecule has 35 heavy (non-hydrogen) atoms. The Balaban J connectivity index is 1.59. The third kappa shape index (κ3) is 5.35. The summed E-state index contributed by atoms with van der Waals surface area (Å²) in [6, 6.07) is 20.6. The van der Waals surface area contributed by atoms with Crippen molar-refractivity contribution in [2.24, 2.45) is 0 Å². The van der Waals surface area contributed by atoms with Gasteiger partial charge in [0.25, 0.3) is 5.91 Å². The maximum atomic E-state index is 13.0. The highest BCUT2D eigenvalue weighted by molar-refractivity contribution is 5.96. The van der Waals surface area contributed by atoms with Crippen LogP contribution in [0.4, 0.5) is 0 Å². The molecular weight excluding hydrogens is 448 g/mol. The summed E-state index contributed by atoms with van der Waals surface area (Å²) in [4.78, 5) is 33.2. The van der Waals surface area contributed by atoms with Gasteiger partial charge >= 0.3 is 5.97 Å². The van der Waals surface area contributed by atoms with E-state index in [1.807, 2.05) is 60.7 Å². The van der Waals surface area contributed by atoms with E-state index < -0.39 is 17.9 Å². The van der Waals surface area contributed by atoms with Gasteiger partial charge in [0, 0.05) is 19.2 Å². The minimum absolute atomic E-state index is 0.0609. The van der Waals surface area contributed by atoms with Crippen molar-refractivity contribution in [1.82, 2.24) is 20.4 Å². The van der Waals surface area contributed by atoms with Gasteiger partial charge in [0.05, 0.1) is 19.1 Å². The molecule has 178 valence electrons. The van der Waals surface area contributed by atoms with E-state index in [0.717, 1.165) is 11.1 Å². The molecule has 0 fully saturated rings. The molecule has 2 heterocycles. The fourth-order valence-electron chi connectivity index (χ4n) is 3.63. The summed E-state index contributed by atoms with van der Waals surface area (Å²) in [6.45, 7) is 2.95. The van der Waals surface area contributed by atoms with Crippen LogP contribution in [0.3, 0.4) is 0 Å². The van der Waals surface area contributed by atoms with Crippen LogP contribution in [0.25, 0.3) is 0 Å². The average molecular weight is 473 g/mol. The molecule has 9 heteroatoms. The summed E-state index contributed by atoms with van der Waals surface area (Å²) >= 11 is 0. The van der Waals surface area contributed by atoms with Gasteiger partial charge in [0.2, 0.25) is 11.6 Å². The Bertz CT molecular complexity index is 1270. The number of esters is 1. The average Bonchev–Trinajstić information content (AvgIpc) is 3.35. The summed E-state index contributed by atoms with van der Waals surface area (Å²) in [5, 5.41) is 6.88. The standard InChI is InChI=1S/C26H24N4O5/c1-16(28-25(32)22-23(34-17(2)31)20(33-3)14-15-27-22)24-29-26(35-30-24)21(18-10-6-4-7-11-18)19-12-8-5-9-13-19/h4-16,21H,1-3H3,(H,28,32)/t16-/m0/s1. The van der Waals surface area contributed by atoms with Crippen molar-refractivity contribution in [1.29, 1.82) is 0 Å². The number of carbonyl (C=O) groups is 2. The highest BCUT2D eigenvalue weighted by Crippen LogP contribution is 2.32. The van der Waals surface area contributed by atoms with Gasteiger partial charge in [0.1, 0.15) is 0 Å². The molecule has 4 rings (SSSR count). The first-order valence-electron chi connectivity index (χ1n) is 10.9. The number of hydrogen-bond donors (Lipinski definition) is 1. The molecule has 0 spiro atoms. The van der Waals surface area contributed by atoms with Gasteiger partial charge in [-0.1, -0.05) is 65.8 Å². The maximum absolute atomic E-state index is 13.0. The third-order valence-electron chi connectivity index (χ3n) is 5.25. The van der Waals surface area contributed by atoms with Gasteiger partial charge in [-0.15, -0.1) is 0 Å². The number of rotatable bonds is 8. The zero-order valence-corrected chi connectivity index (χ0v) is 19.5. The number of pyridine rings is 1. The highest BCUT2D eigenvalue weighted by atomic mass is 16.6. The first-order valence-corrected chi connectivity index (χ1v) is 10.9. The van der Waals surface area contributed by atoms with Crippen LogP contribution in [0.2, 0.25) is 0 Å². The first kappa shape index (κ1) is 23.6. The van der Waals surface area contributed by atoms with Crippen LogP contribution in [-0.4, -0.2) is 34.1 Å². The predicted octanol–water partition coefficient (Wildman–Crippen LogP) is 4.07. The number of aromatic nitrogens is 3. The SMILES string of the molecule is COc1ccnc(C(=O)N[C@@H](C)c2noc(C(c3ccccc3)c3ccccc3)n2)c1OC(C)=O. The van der Waals surface area contributed by atoms with E-state index in [9.17, 15) is 9.59 Å². The van der Waals surface area contributed by atoms with E-state index in [1.54, 1.807) is 6.92 Å². The van der Waals surface area contributed by atoms with Crippen molar-refractivity contribution in [2.75, 3.05) is 7.11 Å². The smallest absolute Gasteiger partial charge is 0.308 e. The lowest BCUT2D eigenvalue weighted by Gasteiger charge is -2.14. The largest absolute Gasteiger partial charge is 0.493 e. The number of ether oxygens (including phenoxy) is 2. The quantitative estimate of drug-likeness (QED) is 0.382. The number of amides is 1. The number of hydrogen-bond acceptors (Lipinski definition) is 8. The van der Waals surface area contributed by atoms with Crippen LogP contribution in [0.5, 0.6) is 11.5 Å². The summed E-state index contributed by atoms with van der Waals surface area (Å²) in [5.41, 5.74) is 1.90. The molecule has 0 radical (unpaired) electrons. The van der Waals surface area contributed by atoms with Gasteiger partial charge in [-0.2, -0.15) is 4.98 Å². The number of methoxy groups -OCH3 is 1. The molecule has 0 bridgehead atoms. The normalized spacial score (nSPS) is 11.7. The van der Waals surface area contributed by atoms with Crippen LogP contribution in [-0.2, 0) is 4.79 Å². The second-order valence-electron chi connectivity index (χ2n) is 7.72. The van der Waals surface area contributed by atoms with Crippen molar-refractivity contribution >= 4 is 11.9 Å². The molecule has 1 amide bonds. The molecular formula is C26H24N4O5. The van der Waals surface area contributed by atoms with E-state index in [2.05, 4.69) is 20.4 Å². The first-order chi connectivity index (χ1) is 17.0. The number of nitrogens with one attached hydrogen (secondary N) is 1. The zero-order valence-electron chi connectivity index (χ0n) is 19.5. The molecule has 9 nitrogen and oxygen atoms in total. The van der Waals surface area contributed by atoms with Crippen LogP contribution in [0.1, 0.15) is 59.1 Å². The van der Waals surface area contributed by atoms with E-state index in [-0.39, 0.29) is 23.1 Å². The predicted molar refractivity (Wildman–Crippen MR) is 126 cm³/mol. The summed E-state index contributed by atoms with van der Waals surface area (Å²) < 4.78 is 16.0. The molecule has 0 saturated carbocycles. The number of carbonyl (C=O) groups excluding carboxylic acids is 2. The topological polar surface area (TPSA) is 116 Å². The van der Waals surface area contributed by atoms with Gasteiger partial charge in [0.15, 0.2) is 17.3 Å². The molecule has 0 aliphatic heterocycles. The van der Waals surface area contributed by atoms with E-state index in [4.69, 9.17) is 14.0 Å². The Morgan fingerprint density at radius 3 is 2.17 bits per heavy atom. The van der Waals surface area contributed by atoms with Crippen molar-refractivity contribution in [3.05, 3.63) is 101 Å². The molecule has 0 aliphatic carbocycles. The number of nitrogens with zero attached hydrogens (tertiary/aromatic N) is 3. The van der Waals surface area contributed by atoms with Crippen molar-refractivity contribution in [2.45, 2.75) is 25.8 Å². The molecule has 1 N–H and O–H groups in total. The minimum Gasteiger partial charge on any atom is -0.493 e. The van der Waals surface area contributed by atoms with Crippen LogP contribution < -0.4 is 14.8 Å². The lowest BCUT2D eigenvalue weighted by Crippen LogP contribution is -2.29. The lowest BCUT2D eigenvalue weighted by molar-refractivity contribution is -0.132. The van der Waals surface area contributed by atoms with E-state index in [0.29, 0.717) is 11.7 Å². The van der Waals surface area contributed by atoms with Gasteiger partial charge < -0.3 is 19.3 Å². The molecule has 1 atom stereocenters. The Morgan fingerprint density at radius 1 is 0.971 bits per heavy atom. The van der Waals surface area contributed by atoms with Crippen molar-refractivity contribution < 1.29 is 23.6 Å². The fraction of sp³-hybridized carbons (Fsp3) is 0.192. The second kappa shape index (κ2) is 10.6. The fourth-order valence-corrected chi connectivity index (χ4v) is 3.63. The summed E-state index contributed by atoms with van der Waals surface area (Å²) in [6.07, 6.45) is 1.39. The monoisotopic (exact) mass is 472 g/mol. The molecule has 0 saturated heterocycles. The van der Waals surface area contributed by atoms with Gasteiger partial charge in [-0.25, -0.2) is 4.98 Å². The minimum atomic E-state index is -0.620. The van der Waals surface area contributed by atoms with Crippen LogP contribution in [0, 0.1) is 0 Å². The van der Waals surface area contributed by atoms with Crippen molar-refractivity contribution in [3.8, 4) is 11.5 Å². The Morgan fingerprint density at radius 2 is 1.60 bits per heavy atom. The highest BCUT2D eigenvalue weighted by Gasteiger charge is 2.27. The van der Waals surface area contributed by atoms with E-state index in [1.165, 1.54) is 26.3 Å². The molecule has 2 aromatic heterocycles. The molecule has 2 aromatic carbocycles. The Kier molecular flexibility index (Phi) is 7.15. The lowest BCUT2D eigenvalue weighted by atomic mass is 9.91.